The first-order valence-corrected chi connectivity index (χ1v) is 5.41. The van der Waals surface area contributed by atoms with E-state index in [0.29, 0.717) is 16.9 Å². The van der Waals surface area contributed by atoms with Gasteiger partial charge in [-0.2, -0.15) is 0 Å². The highest BCUT2D eigenvalue weighted by Gasteiger charge is 2.21. The number of ketones is 1. The molecule has 1 atom stereocenters. The summed E-state index contributed by atoms with van der Waals surface area (Å²) < 4.78 is 10.6. The number of furan rings is 1. The molecule has 90 valence electrons. The number of hydrogen-bond donors (Lipinski definition) is 1. The number of Topliss-reactive ketones (excluding diaryl/α,β-unsaturated/α-hetero) is 1. The predicted molar refractivity (Wildman–Crippen MR) is 65.5 cm³/mol. The third-order valence-electron chi connectivity index (χ3n) is 2.77. The molecule has 0 radical (unpaired) electrons. The fourth-order valence-electron chi connectivity index (χ4n) is 1.95. The van der Waals surface area contributed by atoms with Crippen LogP contribution in [0.2, 0.25) is 0 Å². The van der Waals surface area contributed by atoms with E-state index in [1.54, 1.807) is 26.4 Å². The van der Waals surface area contributed by atoms with Crippen LogP contribution in [-0.2, 0) is 0 Å². The molecule has 0 aliphatic heterocycles. The minimum atomic E-state index is -0.549. The van der Waals surface area contributed by atoms with Gasteiger partial charge < -0.3 is 14.9 Å². The van der Waals surface area contributed by atoms with Crippen LogP contribution in [0.3, 0.4) is 0 Å². The SMILES string of the molecule is COc1c(C(=O)C(C)N)c(C)cc2occc12. The van der Waals surface area contributed by atoms with Gasteiger partial charge in [0, 0.05) is 0 Å². The van der Waals surface area contributed by atoms with Crippen LogP contribution in [0, 0.1) is 6.92 Å². The van der Waals surface area contributed by atoms with Gasteiger partial charge in [0.25, 0.3) is 0 Å². The van der Waals surface area contributed by atoms with E-state index in [2.05, 4.69) is 0 Å². The van der Waals surface area contributed by atoms with Gasteiger partial charge in [0.2, 0.25) is 0 Å². The predicted octanol–water partition coefficient (Wildman–Crippen LogP) is 2.28. The van der Waals surface area contributed by atoms with Crippen LogP contribution < -0.4 is 10.5 Å². The van der Waals surface area contributed by atoms with Crippen molar-refractivity contribution in [3.63, 3.8) is 0 Å². The number of carbonyl (C=O) groups excluding carboxylic acids is 1. The van der Waals surface area contributed by atoms with Crippen LogP contribution in [0.1, 0.15) is 22.8 Å². The molecular formula is C13H15NO3. The van der Waals surface area contributed by atoms with E-state index in [0.717, 1.165) is 10.9 Å². The molecule has 17 heavy (non-hydrogen) atoms. The van der Waals surface area contributed by atoms with Crippen molar-refractivity contribution in [1.82, 2.24) is 0 Å². The minimum Gasteiger partial charge on any atom is -0.495 e. The van der Waals surface area contributed by atoms with Crippen molar-refractivity contribution in [2.75, 3.05) is 7.11 Å². The van der Waals surface area contributed by atoms with Crippen molar-refractivity contribution in [1.29, 1.82) is 0 Å². The van der Waals surface area contributed by atoms with Gasteiger partial charge in [-0.15, -0.1) is 0 Å². The average molecular weight is 233 g/mol. The van der Waals surface area contributed by atoms with Crippen molar-refractivity contribution >= 4 is 16.8 Å². The molecule has 1 heterocycles. The Labute approximate surface area is 99.3 Å². The zero-order valence-corrected chi connectivity index (χ0v) is 10.1. The lowest BCUT2D eigenvalue weighted by Crippen LogP contribution is -2.27. The topological polar surface area (TPSA) is 65.5 Å². The number of nitrogens with two attached hydrogens (primary N) is 1. The van der Waals surface area contributed by atoms with Gasteiger partial charge in [0.05, 0.1) is 30.4 Å². The molecule has 1 aromatic carbocycles. The summed E-state index contributed by atoms with van der Waals surface area (Å²) in [5.74, 6) is 0.415. The first-order chi connectivity index (χ1) is 8.06. The quantitative estimate of drug-likeness (QED) is 0.826. The van der Waals surface area contributed by atoms with Gasteiger partial charge in [0.1, 0.15) is 11.3 Å². The van der Waals surface area contributed by atoms with Gasteiger partial charge in [-0.25, -0.2) is 0 Å². The van der Waals surface area contributed by atoms with Gasteiger partial charge in [0.15, 0.2) is 5.78 Å². The lowest BCUT2D eigenvalue weighted by atomic mass is 9.97. The molecule has 4 heteroatoms. The number of fused-ring (bicyclic) bond motifs is 1. The lowest BCUT2D eigenvalue weighted by molar-refractivity contribution is 0.0964. The second-order valence-electron chi connectivity index (χ2n) is 4.09. The molecule has 2 N–H and O–H groups in total. The summed E-state index contributed by atoms with van der Waals surface area (Å²) in [5, 5.41) is 0.794. The monoisotopic (exact) mass is 233 g/mol. The fraction of sp³-hybridized carbons (Fsp3) is 0.308. The number of ether oxygens (including phenoxy) is 1. The lowest BCUT2D eigenvalue weighted by Gasteiger charge is -2.13. The van der Waals surface area contributed by atoms with Crippen LogP contribution in [-0.4, -0.2) is 18.9 Å². The number of aryl methyl sites for hydroxylation is 1. The molecule has 0 spiro atoms. The number of rotatable bonds is 3. The molecule has 2 rings (SSSR count). The maximum Gasteiger partial charge on any atom is 0.183 e. The first-order valence-electron chi connectivity index (χ1n) is 5.41. The Morgan fingerprint density at radius 2 is 2.24 bits per heavy atom. The Morgan fingerprint density at radius 1 is 1.53 bits per heavy atom. The van der Waals surface area contributed by atoms with Crippen molar-refractivity contribution in [2.45, 2.75) is 19.9 Å². The highest BCUT2D eigenvalue weighted by atomic mass is 16.5. The summed E-state index contributed by atoms with van der Waals surface area (Å²) in [5.41, 5.74) is 7.71. The van der Waals surface area contributed by atoms with Crippen molar-refractivity contribution in [2.24, 2.45) is 5.73 Å². The summed E-state index contributed by atoms with van der Waals surface area (Å²) in [6, 6.07) is 3.06. The van der Waals surface area contributed by atoms with Crippen LogP contribution in [0.5, 0.6) is 5.75 Å². The molecule has 0 saturated carbocycles. The molecule has 1 aromatic heterocycles. The van der Waals surface area contributed by atoms with E-state index in [1.165, 1.54) is 0 Å². The number of methoxy groups -OCH3 is 1. The molecule has 0 saturated heterocycles. The molecule has 0 aliphatic carbocycles. The van der Waals surface area contributed by atoms with Gasteiger partial charge in [-0.1, -0.05) is 0 Å². The number of benzene rings is 1. The van der Waals surface area contributed by atoms with E-state index >= 15 is 0 Å². The summed E-state index contributed by atoms with van der Waals surface area (Å²) in [6.45, 7) is 3.51. The van der Waals surface area contributed by atoms with Crippen molar-refractivity contribution < 1.29 is 13.9 Å². The number of hydrogen-bond acceptors (Lipinski definition) is 4. The standard InChI is InChI=1S/C13H15NO3/c1-7-6-10-9(4-5-17-10)13(16-3)11(7)12(15)8(2)14/h4-6,8H,14H2,1-3H3. The highest BCUT2D eigenvalue weighted by molar-refractivity contribution is 6.07. The summed E-state index contributed by atoms with van der Waals surface area (Å²) in [7, 11) is 1.54. The Hall–Kier alpha value is -1.81. The molecular weight excluding hydrogens is 218 g/mol. The van der Waals surface area contributed by atoms with E-state index in [9.17, 15) is 4.79 Å². The second-order valence-corrected chi connectivity index (χ2v) is 4.09. The summed E-state index contributed by atoms with van der Waals surface area (Å²) in [6.07, 6.45) is 1.58. The van der Waals surface area contributed by atoms with E-state index in [4.69, 9.17) is 14.9 Å². The minimum absolute atomic E-state index is 0.123. The maximum atomic E-state index is 12.1. The fourth-order valence-corrected chi connectivity index (χ4v) is 1.95. The summed E-state index contributed by atoms with van der Waals surface area (Å²) in [4.78, 5) is 12.1. The van der Waals surface area contributed by atoms with Gasteiger partial charge in [-0.3, -0.25) is 4.79 Å². The zero-order valence-electron chi connectivity index (χ0n) is 10.1. The summed E-state index contributed by atoms with van der Waals surface area (Å²) >= 11 is 0. The van der Waals surface area contributed by atoms with Gasteiger partial charge in [-0.05, 0) is 31.5 Å². The molecule has 0 amide bonds. The highest BCUT2D eigenvalue weighted by Crippen LogP contribution is 2.33. The zero-order chi connectivity index (χ0) is 12.6. The van der Waals surface area contributed by atoms with E-state index in [-0.39, 0.29) is 5.78 Å². The van der Waals surface area contributed by atoms with Crippen molar-refractivity contribution in [3.05, 3.63) is 29.5 Å². The van der Waals surface area contributed by atoms with Gasteiger partial charge >= 0.3 is 0 Å². The smallest absolute Gasteiger partial charge is 0.183 e. The number of carbonyl (C=O) groups is 1. The largest absolute Gasteiger partial charge is 0.495 e. The molecule has 0 aliphatic rings. The molecule has 4 nitrogen and oxygen atoms in total. The third-order valence-corrected chi connectivity index (χ3v) is 2.77. The van der Waals surface area contributed by atoms with E-state index < -0.39 is 6.04 Å². The average Bonchev–Trinajstić information content (AvgIpc) is 2.73. The Kier molecular flexibility index (Phi) is 2.90. The van der Waals surface area contributed by atoms with Crippen molar-refractivity contribution in [3.8, 4) is 5.75 Å². The Balaban J connectivity index is 2.76. The Bertz CT molecular complexity index is 569. The van der Waals surface area contributed by atoms with Crippen LogP contribution in [0.4, 0.5) is 0 Å². The normalized spacial score (nSPS) is 12.7. The Morgan fingerprint density at radius 3 is 2.82 bits per heavy atom. The van der Waals surface area contributed by atoms with E-state index in [1.807, 2.05) is 13.0 Å². The first kappa shape index (κ1) is 11.7. The molecule has 0 bridgehead atoms. The van der Waals surface area contributed by atoms with Crippen LogP contribution >= 0.6 is 0 Å². The molecule has 1 unspecified atom stereocenters. The maximum absolute atomic E-state index is 12.1. The molecule has 0 fully saturated rings. The van der Waals surface area contributed by atoms with Crippen LogP contribution in [0.25, 0.3) is 11.0 Å². The second kappa shape index (κ2) is 4.22. The van der Waals surface area contributed by atoms with Crippen LogP contribution in [0.15, 0.2) is 22.8 Å². The third kappa shape index (κ3) is 1.80. The molecule has 2 aromatic rings.